The van der Waals surface area contributed by atoms with Crippen molar-refractivity contribution in [2.24, 2.45) is 0 Å². The zero-order valence-corrected chi connectivity index (χ0v) is 13.4. The molecule has 0 unspecified atom stereocenters. The Bertz CT molecular complexity index is 774. The first kappa shape index (κ1) is 16.3. The number of rotatable bonds is 6. The van der Waals surface area contributed by atoms with Gasteiger partial charge in [0.2, 0.25) is 10.0 Å². The van der Waals surface area contributed by atoms with Crippen molar-refractivity contribution in [2.75, 3.05) is 6.54 Å². The highest BCUT2D eigenvalue weighted by molar-refractivity contribution is 7.89. The first-order valence-electron chi connectivity index (χ1n) is 6.92. The molecule has 0 amide bonds. The highest BCUT2D eigenvalue weighted by Crippen LogP contribution is 2.21. The van der Waals surface area contributed by atoms with Crippen LogP contribution in [0.2, 0.25) is 0 Å². The minimum Gasteiger partial charge on any atom is -0.468 e. The van der Waals surface area contributed by atoms with Gasteiger partial charge in [-0.05, 0) is 49.2 Å². The van der Waals surface area contributed by atoms with Gasteiger partial charge in [0.05, 0.1) is 23.8 Å². The van der Waals surface area contributed by atoms with Crippen molar-refractivity contribution in [3.8, 4) is 6.07 Å². The Morgan fingerprint density at radius 1 is 1.23 bits per heavy atom. The molecule has 0 N–H and O–H groups in total. The molecule has 0 aliphatic heterocycles. The number of nitrogens with zero attached hydrogens (tertiary/aromatic N) is 2. The second-order valence-electron chi connectivity index (χ2n) is 5.07. The SMILES string of the molecule is Cc1ccc(S(=O)(=O)N(CCC#N)Cc2ccco2)cc1C. The van der Waals surface area contributed by atoms with Gasteiger partial charge in [-0.15, -0.1) is 0 Å². The fourth-order valence-corrected chi connectivity index (χ4v) is 3.55. The lowest BCUT2D eigenvalue weighted by molar-refractivity contribution is 0.368. The summed E-state index contributed by atoms with van der Waals surface area (Å²) in [6, 6.07) is 10.5. The normalized spacial score (nSPS) is 11.5. The molecule has 0 fully saturated rings. The van der Waals surface area contributed by atoms with E-state index < -0.39 is 10.0 Å². The van der Waals surface area contributed by atoms with E-state index >= 15 is 0 Å². The van der Waals surface area contributed by atoms with Gasteiger partial charge in [0, 0.05) is 13.0 Å². The van der Waals surface area contributed by atoms with Crippen LogP contribution in [0.4, 0.5) is 0 Å². The summed E-state index contributed by atoms with van der Waals surface area (Å²) in [5.74, 6) is 0.547. The zero-order chi connectivity index (χ0) is 16.2. The van der Waals surface area contributed by atoms with Gasteiger partial charge in [-0.2, -0.15) is 9.57 Å². The van der Waals surface area contributed by atoms with Crippen molar-refractivity contribution < 1.29 is 12.8 Å². The van der Waals surface area contributed by atoms with Crippen LogP contribution in [0.25, 0.3) is 0 Å². The summed E-state index contributed by atoms with van der Waals surface area (Å²) in [6.45, 7) is 4.05. The van der Waals surface area contributed by atoms with Gasteiger partial charge >= 0.3 is 0 Å². The Kier molecular flexibility index (Phi) is 5.01. The van der Waals surface area contributed by atoms with Crippen molar-refractivity contribution >= 4 is 10.0 Å². The summed E-state index contributed by atoms with van der Waals surface area (Å²) in [6.07, 6.45) is 1.63. The van der Waals surface area contributed by atoms with Crippen LogP contribution in [0.1, 0.15) is 23.3 Å². The third kappa shape index (κ3) is 3.56. The summed E-state index contributed by atoms with van der Waals surface area (Å²) in [5.41, 5.74) is 1.95. The van der Waals surface area contributed by atoms with Crippen LogP contribution in [0.5, 0.6) is 0 Å². The standard InChI is InChI=1S/C16H18N2O3S/c1-13-6-7-16(11-14(13)2)22(19,20)18(9-4-8-17)12-15-5-3-10-21-15/h3,5-7,10-11H,4,9,12H2,1-2H3. The molecular formula is C16H18N2O3S. The number of furan rings is 1. The van der Waals surface area contributed by atoms with Crippen molar-refractivity contribution in [3.05, 3.63) is 53.5 Å². The van der Waals surface area contributed by atoms with Crippen LogP contribution >= 0.6 is 0 Å². The van der Waals surface area contributed by atoms with Gasteiger partial charge < -0.3 is 4.42 Å². The quantitative estimate of drug-likeness (QED) is 0.820. The van der Waals surface area contributed by atoms with Gasteiger partial charge in [0.1, 0.15) is 5.76 Å². The van der Waals surface area contributed by atoms with E-state index in [4.69, 9.17) is 9.68 Å². The highest BCUT2D eigenvalue weighted by Gasteiger charge is 2.25. The van der Waals surface area contributed by atoms with Crippen LogP contribution in [0.15, 0.2) is 45.9 Å². The maximum Gasteiger partial charge on any atom is 0.243 e. The number of aryl methyl sites for hydroxylation is 2. The first-order valence-corrected chi connectivity index (χ1v) is 8.36. The predicted molar refractivity (Wildman–Crippen MR) is 82.4 cm³/mol. The molecule has 0 saturated carbocycles. The second-order valence-corrected chi connectivity index (χ2v) is 7.01. The molecule has 1 heterocycles. The van der Waals surface area contributed by atoms with E-state index in [2.05, 4.69) is 0 Å². The number of hydrogen-bond donors (Lipinski definition) is 0. The van der Waals surface area contributed by atoms with Crippen LogP contribution < -0.4 is 0 Å². The van der Waals surface area contributed by atoms with E-state index in [-0.39, 0.29) is 24.4 Å². The molecule has 0 radical (unpaired) electrons. The minimum atomic E-state index is -3.67. The van der Waals surface area contributed by atoms with Crippen molar-refractivity contribution in [1.82, 2.24) is 4.31 Å². The molecule has 1 aromatic carbocycles. The van der Waals surface area contributed by atoms with E-state index in [1.807, 2.05) is 19.9 Å². The molecule has 0 atom stereocenters. The van der Waals surface area contributed by atoms with Crippen molar-refractivity contribution in [1.29, 1.82) is 5.26 Å². The average Bonchev–Trinajstić information content (AvgIpc) is 2.99. The highest BCUT2D eigenvalue weighted by atomic mass is 32.2. The Morgan fingerprint density at radius 2 is 2.00 bits per heavy atom. The van der Waals surface area contributed by atoms with Crippen LogP contribution in [-0.4, -0.2) is 19.3 Å². The Balaban J connectivity index is 2.35. The van der Waals surface area contributed by atoms with E-state index in [9.17, 15) is 8.42 Å². The van der Waals surface area contributed by atoms with Gasteiger partial charge in [0.15, 0.2) is 0 Å². The molecule has 0 aliphatic rings. The molecule has 0 saturated heterocycles. The fraction of sp³-hybridized carbons (Fsp3) is 0.312. The van der Waals surface area contributed by atoms with E-state index in [1.54, 1.807) is 30.3 Å². The smallest absolute Gasteiger partial charge is 0.243 e. The molecule has 22 heavy (non-hydrogen) atoms. The van der Waals surface area contributed by atoms with Crippen LogP contribution in [0.3, 0.4) is 0 Å². The predicted octanol–water partition coefficient (Wildman–Crippen LogP) is 3.00. The lowest BCUT2D eigenvalue weighted by Crippen LogP contribution is -2.31. The van der Waals surface area contributed by atoms with Crippen molar-refractivity contribution in [3.63, 3.8) is 0 Å². The molecular weight excluding hydrogens is 300 g/mol. The summed E-state index contributed by atoms with van der Waals surface area (Å²) >= 11 is 0. The van der Waals surface area contributed by atoms with E-state index in [1.165, 1.54) is 10.6 Å². The topological polar surface area (TPSA) is 74.3 Å². The summed E-state index contributed by atoms with van der Waals surface area (Å²) in [4.78, 5) is 0.236. The molecule has 0 spiro atoms. The lowest BCUT2D eigenvalue weighted by Gasteiger charge is -2.20. The summed E-state index contributed by atoms with van der Waals surface area (Å²) in [7, 11) is -3.67. The lowest BCUT2D eigenvalue weighted by atomic mass is 10.1. The number of benzene rings is 1. The Morgan fingerprint density at radius 3 is 2.59 bits per heavy atom. The fourth-order valence-electron chi connectivity index (χ4n) is 2.06. The van der Waals surface area contributed by atoms with Gasteiger partial charge in [-0.1, -0.05) is 6.07 Å². The molecule has 1 aromatic heterocycles. The van der Waals surface area contributed by atoms with Gasteiger partial charge in [0.25, 0.3) is 0 Å². The number of hydrogen-bond acceptors (Lipinski definition) is 4. The molecule has 116 valence electrons. The maximum atomic E-state index is 12.8. The number of sulfonamides is 1. The molecule has 0 aliphatic carbocycles. The Labute approximate surface area is 130 Å². The van der Waals surface area contributed by atoms with E-state index in [0.717, 1.165) is 11.1 Å². The molecule has 6 heteroatoms. The first-order chi connectivity index (χ1) is 10.4. The Hall–Kier alpha value is -2.10. The third-order valence-corrected chi connectivity index (χ3v) is 5.34. The molecule has 0 bridgehead atoms. The van der Waals surface area contributed by atoms with E-state index in [0.29, 0.717) is 5.76 Å². The van der Waals surface area contributed by atoms with Crippen LogP contribution in [0, 0.1) is 25.2 Å². The monoisotopic (exact) mass is 318 g/mol. The number of nitriles is 1. The van der Waals surface area contributed by atoms with Gasteiger partial charge in [-0.3, -0.25) is 0 Å². The molecule has 2 aromatic rings. The maximum absolute atomic E-state index is 12.8. The zero-order valence-electron chi connectivity index (χ0n) is 12.6. The second kappa shape index (κ2) is 6.77. The summed E-state index contributed by atoms with van der Waals surface area (Å²) in [5, 5.41) is 8.76. The molecule has 5 nitrogen and oxygen atoms in total. The largest absolute Gasteiger partial charge is 0.468 e. The van der Waals surface area contributed by atoms with Crippen LogP contribution in [-0.2, 0) is 16.6 Å². The van der Waals surface area contributed by atoms with Gasteiger partial charge in [-0.25, -0.2) is 8.42 Å². The third-order valence-electron chi connectivity index (χ3n) is 3.50. The minimum absolute atomic E-state index is 0.115. The molecule has 2 rings (SSSR count). The summed E-state index contributed by atoms with van der Waals surface area (Å²) < 4.78 is 32.1. The van der Waals surface area contributed by atoms with Crippen molar-refractivity contribution in [2.45, 2.75) is 31.7 Å². The average molecular weight is 318 g/mol.